The van der Waals surface area contributed by atoms with Gasteiger partial charge in [0.15, 0.2) is 0 Å². The van der Waals surface area contributed by atoms with Crippen LogP contribution in [-0.4, -0.2) is 21.1 Å². The van der Waals surface area contributed by atoms with Crippen LogP contribution in [0.5, 0.6) is 0 Å². The first-order valence-electron chi connectivity index (χ1n) is 4.28. The van der Waals surface area contributed by atoms with E-state index in [0.717, 1.165) is 0 Å². The molecule has 0 atom stereocenters. The van der Waals surface area contributed by atoms with E-state index in [2.05, 4.69) is 36.4 Å². The number of aromatic amines is 1. The third kappa shape index (κ3) is 2.40. The fraction of sp³-hybridized carbons (Fsp3) is 0. The number of benzene rings is 1. The molecule has 1 heterocycles. The molecule has 0 saturated carbocycles. The van der Waals surface area contributed by atoms with Crippen molar-refractivity contribution in [3.8, 4) is 0 Å². The Morgan fingerprint density at radius 2 is 2.31 bits per heavy atom. The van der Waals surface area contributed by atoms with Crippen LogP contribution < -0.4 is 5.32 Å². The van der Waals surface area contributed by atoms with Crippen molar-refractivity contribution in [2.24, 2.45) is 0 Å². The Balaban J connectivity index is 2.18. The molecule has 0 bridgehead atoms. The number of aromatic nitrogens is 3. The number of H-pyrrole nitrogens is 1. The molecule has 0 unspecified atom stereocenters. The molecule has 0 aliphatic heterocycles. The third-order valence-corrected chi connectivity index (χ3v) is 3.04. The standard InChI is InChI=1S/C9H6BrClN4O/c10-6-3-5(1-2-7(6)11)8(16)14-9-12-4-13-15-9/h1-4H,(H2,12,13,14,15,16). The zero-order chi connectivity index (χ0) is 11.5. The molecule has 0 aliphatic carbocycles. The number of nitrogens with one attached hydrogen (secondary N) is 2. The molecule has 82 valence electrons. The second kappa shape index (κ2) is 4.63. The highest BCUT2D eigenvalue weighted by molar-refractivity contribution is 9.10. The molecule has 0 fully saturated rings. The Morgan fingerprint density at radius 3 is 2.94 bits per heavy atom. The van der Waals surface area contributed by atoms with Crippen LogP contribution in [0.25, 0.3) is 0 Å². The normalized spacial score (nSPS) is 10.1. The first-order chi connectivity index (χ1) is 7.66. The summed E-state index contributed by atoms with van der Waals surface area (Å²) in [6.07, 6.45) is 1.31. The van der Waals surface area contributed by atoms with Crippen molar-refractivity contribution in [1.82, 2.24) is 15.2 Å². The van der Waals surface area contributed by atoms with E-state index in [1.807, 2.05) is 0 Å². The van der Waals surface area contributed by atoms with Gasteiger partial charge in [0.1, 0.15) is 6.33 Å². The molecule has 0 aliphatic rings. The highest BCUT2D eigenvalue weighted by Gasteiger charge is 2.09. The van der Waals surface area contributed by atoms with E-state index in [9.17, 15) is 4.79 Å². The first kappa shape index (κ1) is 11.1. The van der Waals surface area contributed by atoms with Crippen molar-refractivity contribution in [2.75, 3.05) is 5.32 Å². The molecule has 0 saturated heterocycles. The van der Waals surface area contributed by atoms with Crippen LogP contribution in [-0.2, 0) is 0 Å². The Morgan fingerprint density at radius 1 is 1.50 bits per heavy atom. The van der Waals surface area contributed by atoms with Gasteiger partial charge in [-0.2, -0.15) is 10.1 Å². The van der Waals surface area contributed by atoms with E-state index < -0.39 is 0 Å². The zero-order valence-corrected chi connectivity index (χ0v) is 10.2. The molecule has 2 N–H and O–H groups in total. The van der Waals surface area contributed by atoms with E-state index in [0.29, 0.717) is 21.0 Å². The Hall–Kier alpha value is -1.40. The summed E-state index contributed by atoms with van der Waals surface area (Å²) >= 11 is 9.07. The summed E-state index contributed by atoms with van der Waals surface area (Å²) in [6.45, 7) is 0. The Bertz CT molecular complexity index is 514. The predicted octanol–water partition coefficient (Wildman–Crippen LogP) is 2.47. The average Bonchev–Trinajstić information content (AvgIpc) is 2.74. The van der Waals surface area contributed by atoms with E-state index in [4.69, 9.17) is 11.6 Å². The number of halogens is 2. The minimum absolute atomic E-state index is 0.283. The molecule has 5 nitrogen and oxygen atoms in total. The highest BCUT2D eigenvalue weighted by atomic mass is 79.9. The maximum atomic E-state index is 11.7. The summed E-state index contributed by atoms with van der Waals surface area (Å²) in [5, 5.41) is 9.26. The zero-order valence-electron chi connectivity index (χ0n) is 7.87. The van der Waals surface area contributed by atoms with Gasteiger partial charge in [-0.3, -0.25) is 10.1 Å². The van der Waals surface area contributed by atoms with Gasteiger partial charge in [-0.1, -0.05) is 11.6 Å². The van der Waals surface area contributed by atoms with Crippen LogP contribution in [0.2, 0.25) is 5.02 Å². The Kier molecular flexibility index (Phi) is 3.21. The summed E-state index contributed by atoms with van der Waals surface area (Å²) in [4.78, 5) is 15.5. The van der Waals surface area contributed by atoms with Gasteiger partial charge in [-0.05, 0) is 34.1 Å². The van der Waals surface area contributed by atoms with Gasteiger partial charge in [0.2, 0.25) is 5.95 Å². The van der Waals surface area contributed by atoms with Crippen LogP contribution >= 0.6 is 27.5 Å². The van der Waals surface area contributed by atoms with Crippen LogP contribution in [0.4, 0.5) is 5.95 Å². The number of amides is 1. The number of anilines is 1. The average molecular weight is 302 g/mol. The van der Waals surface area contributed by atoms with Crippen molar-refractivity contribution in [2.45, 2.75) is 0 Å². The molecular formula is C9H6BrClN4O. The van der Waals surface area contributed by atoms with Crippen molar-refractivity contribution in [3.63, 3.8) is 0 Å². The fourth-order valence-corrected chi connectivity index (χ4v) is 1.58. The number of rotatable bonds is 2. The lowest BCUT2D eigenvalue weighted by Gasteiger charge is -2.02. The molecule has 0 radical (unpaired) electrons. The molecule has 7 heteroatoms. The minimum Gasteiger partial charge on any atom is -0.291 e. The maximum absolute atomic E-state index is 11.7. The lowest BCUT2D eigenvalue weighted by molar-refractivity contribution is 0.102. The summed E-state index contributed by atoms with van der Waals surface area (Å²) in [5.74, 6) is 0.0187. The van der Waals surface area contributed by atoms with Crippen molar-refractivity contribution in [3.05, 3.63) is 39.6 Å². The Labute approximate surface area is 104 Å². The third-order valence-electron chi connectivity index (χ3n) is 1.83. The maximum Gasteiger partial charge on any atom is 0.258 e. The molecule has 1 aromatic carbocycles. The number of carbonyl (C=O) groups is 1. The van der Waals surface area contributed by atoms with Gasteiger partial charge < -0.3 is 0 Å². The predicted molar refractivity (Wildman–Crippen MR) is 63.5 cm³/mol. The van der Waals surface area contributed by atoms with Gasteiger partial charge in [0.25, 0.3) is 5.91 Å². The van der Waals surface area contributed by atoms with Crippen molar-refractivity contribution in [1.29, 1.82) is 0 Å². The topological polar surface area (TPSA) is 70.7 Å². The quantitative estimate of drug-likeness (QED) is 0.895. The number of hydrogen-bond donors (Lipinski definition) is 2. The van der Waals surface area contributed by atoms with Gasteiger partial charge in [0.05, 0.1) is 5.02 Å². The molecule has 2 aromatic rings. The van der Waals surface area contributed by atoms with Gasteiger partial charge in [-0.15, -0.1) is 0 Å². The largest absolute Gasteiger partial charge is 0.291 e. The fourth-order valence-electron chi connectivity index (χ4n) is 1.08. The van der Waals surface area contributed by atoms with Gasteiger partial charge in [0, 0.05) is 10.0 Å². The van der Waals surface area contributed by atoms with E-state index in [1.165, 1.54) is 6.33 Å². The van der Waals surface area contributed by atoms with Crippen LogP contribution in [0.3, 0.4) is 0 Å². The molecule has 0 spiro atoms. The number of carbonyl (C=O) groups excluding carboxylic acids is 1. The lowest BCUT2D eigenvalue weighted by Crippen LogP contribution is -2.12. The molecular weight excluding hydrogens is 295 g/mol. The van der Waals surface area contributed by atoms with Crippen LogP contribution in [0.15, 0.2) is 29.0 Å². The summed E-state index contributed by atoms with van der Waals surface area (Å²) in [7, 11) is 0. The van der Waals surface area contributed by atoms with Crippen molar-refractivity contribution >= 4 is 39.4 Å². The van der Waals surface area contributed by atoms with Gasteiger partial charge >= 0.3 is 0 Å². The summed E-state index contributed by atoms with van der Waals surface area (Å²) in [6, 6.07) is 4.90. The van der Waals surface area contributed by atoms with Crippen LogP contribution in [0, 0.1) is 0 Å². The number of hydrogen-bond acceptors (Lipinski definition) is 3. The highest BCUT2D eigenvalue weighted by Crippen LogP contribution is 2.23. The molecule has 1 aromatic heterocycles. The van der Waals surface area contributed by atoms with Gasteiger partial charge in [-0.25, -0.2) is 5.10 Å². The molecule has 16 heavy (non-hydrogen) atoms. The van der Waals surface area contributed by atoms with E-state index in [-0.39, 0.29) is 5.91 Å². The SMILES string of the molecule is O=C(Nc1ncn[nH]1)c1ccc(Cl)c(Br)c1. The first-order valence-corrected chi connectivity index (χ1v) is 5.45. The van der Waals surface area contributed by atoms with Crippen LogP contribution in [0.1, 0.15) is 10.4 Å². The monoisotopic (exact) mass is 300 g/mol. The summed E-state index contributed by atoms with van der Waals surface area (Å²) < 4.78 is 0.666. The number of nitrogens with zero attached hydrogens (tertiary/aromatic N) is 2. The molecule has 2 rings (SSSR count). The minimum atomic E-state index is -0.283. The second-order valence-corrected chi connectivity index (χ2v) is 4.18. The summed E-state index contributed by atoms with van der Waals surface area (Å²) in [5.41, 5.74) is 0.479. The van der Waals surface area contributed by atoms with E-state index in [1.54, 1.807) is 18.2 Å². The smallest absolute Gasteiger partial charge is 0.258 e. The van der Waals surface area contributed by atoms with E-state index >= 15 is 0 Å². The molecule has 1 amide bonds. The van der Waals surface area contributed by atoms with Crippen molar-refractivity contribution < 1.29 is 4.79 Å². The lowest BCUT2D eigenvalue weighted by atomic mass is 10.2. The second-order valence-electron chi connectivity index (χ2n) is 2.92.